The number of anilines is 1. The Kier molecular flexibility index (Phi) is 4.85. The first-order valence-corrected chi connectivity index (χ1v) is 8.63. The van der Waals surface area contributed by atoms with Gasteiger partial charge in [0.1, 0.15) is 0 Å². The van der Waals surface area contributed by atoms with E-state index >= 15 is 0 Å². The number of amides is 1. The third-order valence-electron chi connectivity index (χ3n) is 4.26. The van der Waals surface area contributed by atoms with Crippen LogP contribution in [0.2, 0.25) is 5.02 Å². The van der Waals surface area contributed by atoms with Gasteiger partial charge < -0.3 is 16.8 Å². The van der Waals surface area contributed by atoms with Crippen LogP contribution in [0.5, 0.6) is 0 Å². The van der Waals surface area contributed by atoms with Crippen molar-refractivity contribution in [3.05, 3.63) is 70.9 Å². The van der Waals surface area contributed by atoms with Crippen molar-refractivity contribution >= 4 is 34.1 Å². The number of nitrogens with two attached hydrogens (primary N) is 2. The van der Waals surface area contributed by atoms with E-state index in [1.807, 2.05) is 50.2 Å². The summed E-state index contributed by atoms with van der Waals surface area (Å²) in [5.41, 5.74) is 14.1. The van der Waals surface area contributed by atoms with Gasteiger partial charge in [-0.2, -0.15) is 0 Å². The highest BCUT2D eigenvalue weighted by Gasteiger charge is 2.27. The molecular formula is C20H21ClN4O. The van der Waals surface area contributed by atoms with Crippen LogP contribution < -0.4 is 16.8 Å². The molecule has 2 aromatic carbocycles. The number of aromatic nitrogens is 1. The Morgan fingerprint density at radius 3 is 2.58 bits per heavy atom. The number of hydrogen-bond donors (Lipinski definition) is 3. The smallest absolute Gasteiger partial charge is 0.250 e. The largest absolute Gasteiger partial charge is 0.376 e. The number of carbonyl (C=O) groups is 1. The second kappa shape index (κ2) is 6.94. The van der Waals surface area contributed by atoms with E-state index in [1.165, 1.54) is 0 Å². The number of nitrogens with one attached hydrogen (secondary N) is 1. The van der Waals surface area contributed by atoms with Gasteiger partial charge in [-0.1, -0.05) is 35.9 Å². The molecule has 0 radical (unpaired) electrons. The number of para-hydroxylation sites is 1. The number of rotatable bonds is 5. The maximum atomic E-state index is 11.7. The van der Waals surface area contributed by atoms with Crippen LogP contribution in [0.15, 0.2) is 54.7 Å². The predicted molar refractivity (Wildman–Crippen MR) is 106 cm³/mol. The zero-order valence-electron chi connectivity index (χ0n) is 14.7. The number of primary amides is 1. The van der Waals surface area contributed by atoms with Crippen molar-refractivity contribution in [2.75, 3.05) is 5.32 Å². The lowest BCUT2D eigenvalue weighted by molar-refractivity contribution is 0.100. The summed E-state index contributed by atoms with van der Waals surface area (Å²) < 4.78 is 0. The highest BCUT2D eigenvalue weighted by molar-refractivity contribution is 6.30. The molecule has 0 fully saturated rings. The van der Waals surface area contributed by atoms with Crippen LogP contribution in [0.1, 0.15) is 35.8 Å². The SMILES string of the molecule is CC(C)(N)C(Nc1ccnc2c(C(N)=O)cccc12)c1cccc(Cl)c1. The third-order valence-corrected chi connectivity index (χ3v) is 4.50. The lowest BCUT2D eigenvalue weighted by Crippen LogP contribution is -2.43. The minimum Gasteiger partial charge on any atom is -0.376 e. The average Bonchev–Trinajstić information content (AvgIpc) is 2.58. The molecule has 1 unspecified atom stereocenters. The van der Waals surface area contributed by atoms with E-state index in [4.69, 9.17) is 23.1 Å². The molecule has 6 heteroatoms. The fourth-order valence-corrected chi connectivity index (χ4v) is 3.24. The van der Waals surface area contributed by atoms with Crippen molar-refractivity contribution in [3.8, 4) is 0 Å². The Morgan fingerprint density at radius 2 is 1.92 bits per heavy atom. The Morgan fingerprint density at radius 1 is 1.19 bits per heavy atom. The van der Waals surface area contributed by atoms with Crippen molar-refractivity contribution in [2.45, 2.75) is 25.4 Å². The zero-order chi connectivity index (χ0) is 18.9. The molecule has 0 saturated carbocycles. The number of benzene rings is 2. The highest BCUT2D eigenvalue weighted by Crippen LogP contribution is 2.32. The monoisotopic (exact) mass is 368 g/mol. The first kappa shape index (κ1) is 18.2. The van der Waals surface area contributed by atoms with E-state index < -0.39 is 11.4 Å². The molecule has 0 saturated heterocycles. The van der Waals surface area contributed by atoms with Gasteiger partial charge >= 0.3 is 0 Å². The minimum atomic E-state index is -0.568. The highest BCUT2D eigenvalue weighted by atomic mass is 35.5. The lowest BCUT2D eigenvalue weighted by Gasteiger charge is -2.33. The first-order chi connectivity index (χ1) is 12.3. The Labute approximate surface area is 157 Å². The van der Waals surface area contributed by atoms with Crippen LogP contribution in [-0.2, 0) is 0 Å². The molecular weight excluding hydrogens is 348 g/mol. The second-order valence-electron chi connectivity index (χ2n) is 6.88. The van der Waals surface area contributed by atoms with Crippen molar-refractivity contribution in [3.63, 3.8) is 0 Å². The number of hydrogen-bond acceptors (Lipinski definition) is 4. The summed E-state index contributed by atoms with van der Waals surface area (Å²) in [6.45, 7) is 3.90. The van der Waals surface area contributed by atoms with Gasteiger partial charge in [-0.25, -0.2) is 0 Å². The van der Waals surface area contributed by atoms with E-state index in [0.29, 0.717) is 16.1 Å². The van der Waals surface area contributed by atoms with Crippen LogP contribution in [0.25, 0.3) is 10.9 Å². The molecule has 26 heavy (non-hydrogen) atoms. The molecule has 134 valence electrons. The number of nitrogens with zero attached hydrogens (tertiary/aromatic N) is 1. The molecule has 0 aliphatic heterocycles. The van der Waals surface area contributed by atoms with Gasteiger partial charge in [0.15, 0.2) is 0 Å². The summed E-state index contributed by atoms with van der Waals surface area (Å²) in [5, 5.41) is 4.95. The van der Waals surface area contributed by atoms with E-state index in [1.54, 1.807) is 18.3 Å². The Bertz CT molecular complexity index is 965. The van der Waals surface area contributed by atoms with E-state index in [-0.39, 0.29) is 6.04 Å². The lowest BCUT2D eigenvalue weighted by atomic mass is 9.89. The topological polar surface area (TPSA) is 94.0 Å². The minimum absolute atomic E-state index is 0.205. The molecule has 1 amide bonds. The van der Waals surface area contributed by atoms with Gasteiger partial charge in [0.25, 0.3) is 5.91 Å². The van der Waals surface area contributed by atoms with Crippen molar-refractivity contribution in [1.29, 1.82) is 0 Å². The van der Waals surface area contributed by atoms with Crippen molar-refractivity contribution in [2.24, 2.45) is 11.5 Å². The van der Waals surface area contributed by atoms with Gasteiger partial charge in [0, 0.05) is 27.8 Å². The van der Waals surface area contributed by atoms with Gasteiger partial charge in [-0.05, 0) is 43.7 Å². The van der Waals surface area contributed by atoms with E-state index in [2.05, 4.69) is 10.3 Å². The molecule has 0 spiro atoms. The Balaban J connectivity index is 2.11. The van der Waals surface area contributed by atoms with Crippen LogP contribution >= 0.6 is 11.6 Å². The third kappa shape index (κ3) is 3.64. The van der Waals surface area contributed by atoms with Gasteiger partial charge in [-0.3, -0.25) is 9.78 Å². The standard InChI is InChI=1S/C20H21ClN4O/c1-20(2,23)18(12-5-3-6-13(21)11-12)25-16-9-10-24-17-14(16)7-4-8-15(17)19(22)26/h3-11,18H,23H2,1-2H3,(H2,22,26)(H,24,25). The Hall–Kier alpha value is -2.63. The molecule has 1 heterocycles. The summed E-state index contributed by atoms with van der Waals surface area (Å²) in [5.74, 6) is -0.509. The normalized spacial score (nSPS) is 12.8. The van der Waals surface area contributed by atoms with Crippen molar-refractivity contribution < 1.29 is 4.79 Å². The number of carbonyl (C=O) groups excluding carboxylic acids is 1. The molecule has 5 nitrogen and oxygen atoms in total. The molecule has 0 aliphatic rings. The quantitative estimate of drug-likeness (QED) is 0.637. The summed E-state index contributed by atoms with van der Waals surface area (Å²) in [6.07, 6.45) is 1.65. The molecule has 3 rings (SSSR count). The van der Waals surface area contributed by atoms with Gasteiger partial charge in [0.2, 0.25) is 0 Å². The van der Waals surface area contributed by atoms with Gasteiger partial charge in [0.05, 0.1) is 17.1 Å². The van der Waals surface area contributed by atoms with Crippen LogP contribution in [0.3, 0.4) is 0 Å². The van der Waals surface area contributed by atoms with Crippen LogP contribution in [0.4, 0.5) is 5.69 Å². The molecule has 5 N–H and O–H groups in total. The second-order valence-corrected chi connectivity index (χ2v) is 7.31. The number of pyridine rings is 1. The van der Waals surface area contributed by atoms with Gasteiger partial charge in [-0.15, -0.1) is 0 Å². The fourth-order valence-electron chi connectivity index (χ4n) is 3.04. The zero-order valence-corrected chi connectivity index (χ0v) is 15.4. The van der Waals surface area contributed by atoms with E-state index in [0.717, 1.165) is 16.6 Å². The molecule has 3 aromatic rings. The van der Waals surface area contributed by atoms with Crippen LogP contribution in [-0.4, -0.2) is 16.4 Å². The first-order valence-electron chi connectivity index (χ1n) is 8.26. The number of fused-ring (bicyclic) bond motifs is 1. The molecule has 1 aromatic heterocycles. The predicted octanol–water partition coefficient (Wildman–Crippen LogP) is 3.88. The summed E-state index contributed by atoms with van der Waals surface area (Å²) in [6, 6.07) is 14.6. The summed E-state index contributed by atoms with van der Waals surface area (Å²) in [7, 11) is 0. The summed E-state index contributed by atoms with van der Waals surface area (Å²) in [4.78, 5) is 16.0. The molecule has 0 aliphatic carbocycles. The van der Waals surface area contributed by atoms with E-state index in [9.17, 15) is 4.79 Å². The summed E-state index contributed by atoms with van der Waals surface area (Å²) >= 11 is 6.16. The van der Waals surface area contributed by atoms with Crippen molar-refractivity contribution in [1.82, 2.24) is 4.98 Å². The fraction of sp³-hybridized carbons (Fsp3) is 0.200. The van der Waals surface area contributed by atoms with Crippen LogP contribution in [0, 0.1) is 0 Å². The molecule has 0 bridgehead atoms. The maximum Gasteiger partial charge on any atom is 0.250 e. The number of halogens is 1. The molecule has 1 atom stereocenters. The average molecular weight is 369 g/mol. The maximum absolute atomic E-state index is 11.7.